The Balaban J connectivity index is 0.000000130. The van der Waals surface area contributed by atoms with Gasteiger partial charge in [0, 0.05) is 52.2 Å². The predicted molar refractivity (Wildman–Crippen MR) is 148 cm³/mol. The van der Waals surface area contributed by atoms with Crippen molar-refractivity contribution in [2.75, 3.05) is 39.8 Å². The standard InChI is InChI=1S/C11H18O.C10H18N2O.C10H17NO/c12-10-5-4-8-11(9-10)6-2-1-3-7-11;1-12-7-4-10(8-9(12)13)2-5-11-6-3-10;12-9-3-1-4-10(7-9)5-2-6-11-8-10/h1-9H2;11H,2-8H2,1H3;11H,1-8H2. The minimum Gasteiger partial charge on any atom is -0.346 e. The topological polar surface area (TPSA) is 78.5 Å². The molecule has 1 unspecified atom stereocenters. The quantitative estimate of drug-likeness (QED) is 0.464. The van der Waals surface area contributed by atoms with E-state index in [1.165, 1.54) is 83.5 Å². The van der Waals surface area contributed by atoms with Crippen LogP contribution in [-0.2, 0) is 14.4 Å². The van der Waals surface area contributed by atoms with Crippen molar-refractivity contribution in [3.8, 4) is 0 Å². The number of carbonyl (C=O) groups excluding carboxylic acids is 3. The number of ketones is 2. The molecular weight excluding hydrogens is 462 g/mol. The summed E-state index contributed by atoms with van der Waals surface area (Å²) in [6.45, 7) is 5.38. The summed E-state index contributed by atoms with van der Waals surface area (Å²) >= 11 is 0. The number of rotatable bonds is 0. The van der Waals surface area contributed by atoms with Crippen molar-refractivity contribution >= 4 is 17.5 Å². The first-order valence-electron chi connectivity index (χ1n) is 15.5. The highest BCUT2D eigenvalue weighted by atomic mass is 16.2. The molecule has 6 aliphatic rings. The summed E-state index contributed by atoms with van der Waals surface area (Å²) < 4.78 is 0. The molecule has 210 valence electrons. The van der Waals surface area contributed by atoms with Gasteiger partial charge in [0.25, 0.3) is 0 Å². The van der Waals surface area contributed by atoms with Crippen molar-refractivity contribution in [1.82, 2.24) is 15.5 Å². The molecule has 0 aromatic heterocycles. The minimum absolute atomic E-state index is 0.341. The van der Waals surface area contributed by atoms with Crippen LogP contribution in [0.15, 0.2) is 0 Å². The van der Waals surface area contributed by atoms with Gasteiger partial charge in [-0.25, -0.2) is 0 Å². The summed E-state index contributed by atoms with van der Waals surface area (Å²) in [6, 6.07) is 0. The van der Waals surface area contributed by atoms with E-state index in [1.807, 2.05) is 11.9 Å². The first kappa shape index (κ1) is 28.7. The van der Waals surface area contributed by atoms with E-state index >= 15 is 0 Å². The average Bonchev–Trinajstić information content (AvgIpc) is 2.89. The Labute approximate surface area is 225 Å². The first-order valence-corrected chi connectivity index (χ1v) is 15.5. The zero-order valence-corrected chi connectivity index (χ0v) is 23.6. The van der Waals surface area contributed by atoms with Gasteiger partial charge < -0.3 is 15.5 Å². The van der Waals surface area contributed by atoms with Gasteiger partial charge in [-0.05, 0) is 107 Å². The summed E-state index contributed by atoms with van der Waals surface area (Å²) in [7, 11) is 1.91. The number of carbonyl (C=O) groups is 3. The van der Waals surface area contributed by atoms with Crippen LogP contribution < -0.4 is 10.6 Å². The van der Waals surface area contributed by atoms with Crippen LogP contribution in [0.5, 0.6) is 0 Å². The molecule has 0 radical (unpaired) electrons. The van der Waals surface area contributed by atoms with Gasteiger partial charge >= 0.3 is 0 Å². The molecule has 1 amide bonds. The molecule has 3 aliphatic heterocycles. The van der Waals surface area contributed by atoms with Crippen LogP contribution in [-0.4, -0.2) is 62.1 Å². The Kier molecular flexibility index (Phi) is 10.2. The molecule has 37 heavy (non-hydrogen) atoms. The van der Waals surface area contributed by atoms with Crippen LogP contribution in [0, 0.1) is 16.2 Å². The lowest BCUT2D eigenvalue weighted by Crippen LogP contribution is -2.46. The van der Waals surface area contributed by atoms with Crippen LogP contribution in [0.4, 0.5) is 0 Å². The van der Waals surface area contributed by atoms with Crippen LogP contribution in [0.2, 0.25) is 0 Å². The largest absolute Gasteiger partial charge is 0.346 e. The number of hydrogen-bond acceptors (Lipinski definition) is 5. The molecule has 6 nitrogen and oxygen atoms in total. The lowest BCUT2D eigenvalue weighted by Gasteiger charge is -2.42. The van der Waals surface area contributed by atoms with E-state index in [1.54, 1.807) is 0 Å². The van der Waals surface area contributed by atoms with Gasteiger partial charge in [0.1, 0.15) is 11.6 Å². The highest BCUT2D eigenvalue weighted by Crippen LogP contribution is 2.46. The molecule has 6 heteroatoms. The van der Waals surface area contributed by atoms with E-state index in [2.05, 4.69) is 10.6 Å². The summed E-state index contributed by atoms with van der Waals surface area (Å²) in [5, 5.41) is 6.77. The summed E-state index contributed by atoms with van der Waals surface area (Å²) in [6.07, 6.45) is 22.0. The molecule has 0 aromatic rings. The molecule has 3 saturated heterocycles. The zero-order valence-electron chi connectivity index (χ0n) is 23.6. The van der Waals surface area contributed by atoms with E-state index in [0.717, 1.165) is 71.2 Å². The fraction of sp³-hybridized carbons (Fsp3) is 0.903. The zero-order chi connectivity index (χ0) is 26.2. The van der Waals surface area contributed by atoms with Crippen LogP contribution >= 0.6 is 0 Å². The number of nitrogens with zero attached hydrogens (tertiary/aromatic N) is 1. The maximum absolute atomic E-state index is 11.6. The van der Waals surface area contributed by atoms with E-state index in [9.17, 15) is 14.4 Å². The van der Waals surface area contributed by atoms with E-state index in [-0.39, 0.29) is 0 Å². The van der Waals surface area contributed by atoms with Gasteiger partial charge in [-0.3, -0.25) is 14.4 Å². The van der Waals surface area contributed by atoms with Gasteiger partial charge in [-0.2, -0.15) is 0 Å². The molecule has 0 aromatic carbocycles. The van der Waals surface area contributed by atoms with E-state index in [4.69, 9.17) is 0 Å². The van der Waals surface area contributed by atoms with Crippen molar-refractivity contribution in [1.29, 1.82) is 0 Å². The minimum atomic E-state index is 0.341. The Hall–Kier alpha value is -1.27. The van der Waals surface area contributed by atoms with Crippen LogP contribution in [0.1, 0.15) is 122 Å². The Morgan fingerprint density at radius 1 is 0.568 bits per heavy atom. The molecule has 3 heterocycles. The summed E-state index contributed by atoms with van der Waals surface area (Å²) in [5.74, 6) is 1.36. The van der Waals surface area contributed by atoms with Gasteiger partial charge in [0.15, 0.2) is 0 Å². The van der Waals surface area contributed by atoms with Crippen LogP contribution in [0.25, 0.3) is 0 Å². The lowest BCUT2D eigenvalue weighted by atomic mass is 9.65. The maximum atomic E-state index is 11.6. The highest BCUT2D eigenvalue weighted by Gasteiger charge is 2.39. The van der Waals surface area contributed by atoms with Crippen LogP contribution in [0.3, 0.4) is 0 Å². The third-order valence-electron chi connectivity index (χ3n) is 10.5. The second-order valence-electron chi connectivity index (χ2n) is 13.5. The third-order valence-corrected chi connectivity index (χ3v) is 10.5. The second kappa shape index (κ2) is 13.2. The predicted octanol–water partition coefficient (Wildman–Crippen LogP) is 5.19. The highest BCUT2D eigenvalue weighted by molar-refractivity contribution is 5.80. The Morgan fingerprint density at radius 3 is 1.73 bits per heavy atom. The maximum Gasteiger partial charge on any atom is 0.222 e. The van der Waals surface area contributed by atoms with Crippen molar-refractivity contribution in [3.05, 3.63) is 0 Å². The number of piperidine rings is 3. The molecule has 6 rings (SSSR count). The SMILES string of the molecule is CN1CCC2(CCNCC2)CC1=O.O=C1CCCC2(CCCCC2)C1.O=C1CCCC2(CCCNC2)C1. The van der Waals surface area contributed by atoms with E-state index < -0.39 is 0 Å². The second-order valence-corrected chi connectivity index (χ2v) is 13.5. The van der Waals surface area contributed by atoms with Crippen molar-refractivity contribution in [2.45, 2.75) is 122 Å². The molecule has 3 spiro atoms. The summed E-state index contributed by atoms with van der Waals surface area (Å²) in [4.78, 5) is 36.1. The molecule has 2 N–H and O–H groups in total. The summed E-state index contributed by atoms with van der Waals surface area (Å²) in [5.41, 5.74) is 1.20. The number of likely N-dealkylation sites (tertiary alicyclic amines) is 1. The fourth-order valence-electron chi connectivity index (χ4n) is 8.09. The average molecular weight is 516 g/mol. The number of hydrogen-bond donors (Lipinski definition) is 2. The fourth-order valence-corrected chi connectivity index (χ4v) is 8.09. The van der Waals surface area contributed by atoms with Gasteiger partial charge in [-0.15, -0.1) is 0 Å². The molecule has 3 aliphatic carbocycles. The van der Waals surface area contributed by atoms with Gasteiger partial charge in [0.05, 0.1) is 0 Å². The van der Waals surface area contributed by atoms with Crippen molar-refractivity contribution in [2.24, 2.45) is 16.2 Å². The monoisotopic (exact) mass is 515 g/mol. The number of Topliss-reactive ketones (excluding diaryl/α,β-unsaturated/α-hetero) is 2. The molecule has 0 bridgehead atoms. The normalized spacial score (nSPS) is 31.4. The Bertz CT molecular complexity index is 724. The first-order chi connectivity index (χ1) is 17.8. The van der Waals surface area contributed by atoms with Gasteiger partial charge in [0.2, 0.25) is 5.91 Å². The molecule has 3 saturated carbocycles. The smallest absolute Gasteiger partial charge is 0.222 e. The van der Waals surface area contributed by atoms with Crippen molar-refractivity contribution in [3.63, 3.8) is 0 Å². The molecule has 1 atom stereocenters. The molecular formula is C31H53N3O3. The lowest BCUT2D eigenvalue weighted by molar-refractivity contribution is -0.137. The van der Waals surface area contributed by atoms with Crippen molar-refractivity contribution < 1.29 is 14.4 Å². The van der Waals surface area contributed by atoms with E-state index in [0.29, 0.717) is 33.7 Å². The molecule has 6 fully saturated rings. The number of amides is 1. The number of nitrogens with one attached hydrogen (secondary N) is 2. The third kappa shape index (κ3) is 8.11. The Morgan fingerprint density at radius 2 is 1.14 bits per heavy atom. The van der Waals surface area contributed by atoms with Gasteiger partial charge in [-0.1, -0.05) is 19.3 Å².